The molecule has 138 valence electrons. The quantitative estimate of drug-likeness (QED) is 0.638. The summed E-state index contributed by atoms with van der Waals surface area (Å²) in [4.78, 5) is 19.0. The monoisotopic (exact) mass is 344 g/mol. The number of rotatable bonds is 5. The van der Waals surface area contributed by atoms with Crippen LogP contribution in [0.5, 0.6) is 0 Å². The first-order valence-electron chi connectivity index (χ1n) is 9.38. The molecule has 2 atom stereocenters. The maximum absolute atomic E-state index is 12.3. The molecule has 0 aromatic heterocycles. The van der Waals surface area contributed by atoms with Gasteiger partial charge in [0.1, 0.15) is 0 Å². The van der Waals surface area contributed by atoms with Gasteiger partial charge in [0.25, 0.3) is 5.91 Å². The van der Waals surface area contributed by atoms with E-state index in [0.717, 1.165) is 31.0 Å². The van der Waals surface area contributed by atoms with E-state index in [-0.39, 0.29) is 11.9 Å². The molecule has 1 aliphatic heterocycles. The van der Waals surface area contributed by atoms with Crippen LogP contribution in [0.15, 0.2) is 29.3 Å². The van der Waals surface area contributed by atoms with Crippen LogP contribution in [0.25, 0.3) is 0 Å². The molecule has 0 aliphatic carbocycles. The van der Waals surface area contributed by atoms with Crippen molar-refractivity contribution in [2.45, 2.75) is 52.6 Å². The fourth-order valence-corrected chi connectivity index (χ4v) is 3.13. The molecule has 1 saturated heterocycles. The number of amides is 1. The van der Waals surface area contributed by atoms with E-state index in [4.69, 9.17) is 0 Å². The summed E-state index contributed by atoms with van der Waals surface area (Å²) < 4.78 is 0. The van der Waals surface area contributed by atoms with E-state index < -0.39 is 0 Å². The number of piperidine rings is 1. The predicted octanol–water partition coefficient (Wildman–Crippen LogP) is 3.02. The molecule has 2 rings (SSSR count). The first-order valence-corrected chi connectivity index (χ1v) is 9.38. The number of carbonyl (C=O) groups is 1. The normalized spacial score (nSPS) is 19.4. The number of likely N-dealkylation sites (tertiary alicyclic amines) is 1. The van der Waals surface area contributed by atoms with Crippen LogP contribution < -0.4 is 10.6 Å². The average Bonchev–Trinajstić information content (AvgIpc) is 2.62. The summed E-state index contributed by atoms with van der Waals surface area (Å²) in [6.45, 7) is 9.16. The molecule has 5 heteroatoms. The molecule has 1 fully saturated rings. The summed E-state index contributed by atoms with van der Waals surface area (Å²) in [5.41, 5.74) is 1.80. The van der Waals surface area contributed by atoms with Gasteiger partial charge in [0.05, 0.1) is 0 Å². The first kappa shape index (κ1) is 19.3. The number of nitrogens with one attached hydrogen (secondary N) is 2. The van der Waals surface area contributed by atoms with Crippen LogP contribution in [0, 0.1) is 5.92 Å². The van der Waals surface area contributed by atoms with Crippen LogP contribution in [-0.2, 0) is 6.54 Å². The van der Waals surface area contributed by atoms with Crippen molar-refractivity contribution in [3.05, 3.63) is 35.4 Å². The molecule has 0 saturated carbocycles. The van der Waals surface area contributed by atoms with Gasteiger partial charge in [-0.3, -0.25) is 9.79 Å². The van der Waals surface area contributed by atoms with Gasteiger partial charge in [-0.25, -0.2) is 0 Å². The molecular weight excluding hydrogens is 312 g/mol. The van der Waals surface area contributed by atoms with E-state index in [0.29, 0.717) is 18.0 Å². The summed E-state index contributed by atoms with van der Waals surface area (Å²) in [5, 5.41) is 6.45. The Morgan fingerprint density at radius 3 is 2.92 bits per heavy atom. The van der Waals surface area contributed by atoms with Crippen molar-refractivity contribution >= 4 is 11.9 Å². The van der Waals surface area contributed by atoms with Crippen LogP contribution in [0.2, 0.25) is 0 Å². The Morgan fingerprint density at radius 2 is 2.24 bits per heavy atom. The fourth-order valence-electron chi connectivity index (χ4n) is 3.13. The Morgan fingerprint density at radius 1 is 1.44 bits per heavy atom. The average molecular weight is 345 g/mol. The van der Waals surface area contributed by atoms with Gasteiger partial charge in [0.2, 0.25) is 0 Å². The number of aliphatic imine (C=N–C) groups is 1. The lowest BCUT2D eigenvalue weighted by Crippen LogP contribution is -2.45. The van der Waals surface area contributed by atoms with Crippen LogP contribution in [0.4, 0.5) is 0 Å². The number of carbonyl (C=O) groups excluding carboxylic acids is 1. The highest BCUT2D eigenvalue weighted by molar-refractivity contribution is 5.94. The van der Waals surface area contributed by atoms with Crippen LogP contribution in [0.1, 0.15) is 56.0 Å². The van der Waals surface area contributed by atoms with Gasteiger partial charge in [-0.15, -0.1) is 0 Å². The first-order chi connectivity index (χ1) is 12.0. The van der Waals surface area contributed by atoms with E-state index in [1.807, 2.05) is 38.2 Å². The molecule has 2 N–H and O–H groups in total. The second-order valence-corrected chi connectivity index (χ2v) is 7.08. The van der Waals surface area contributed by atoms with Gasteiger partial charge in [-0.2, -0.15) is 0 Å². The SMILES string of the molecule is CCC(C)NC(=O)c1cccc(CNC(=NC)N2CCCC(C)C2)c1. The third-order valence-electron chi connectivity index (χ3n) is 4.80. The van der Waals surface area contributed by atoms with Crippen LogP contribution in [0.3, 0.4) is 0 Å². The maximum atomic E-state index is 12.3. The molecule has 1 amide bonds. The molecule has 1 aromatic carbocycles. The number of nitrogens with zero attached hydrogens (tertiary/aromatic N) is 2. The highest BCUT2D eigenvalue weighted by Gasteiger charge is 2.19. The molecule has 1 heterocycles. The molecule has 25 heavy (non-hydrogen) atoms. The van der Waals surface area contributed by atoms with Crippen molar-refractivity contribution in [1.29, 1.82) is 0 Å². The summed E-state index contributed by atoms with van der Waals surface area (Å²) >= 11 is 0. The van der Waals surface area contributed by atoms with E-state index in [9.17, 15) is 4.79 Å². The molecule has 1 aromatic rings. The van der Waals surface area contributed by atoms with E-state index >= 15 is 0 Å². The van der Waals surface area contributed by atoms with Gasteiger partial charge in [-0.05, 0) is 49.8 Å². The minimum Gasteiger partial charge on any atom is -0.352 e. The molecular formula is C20H32N4O. The number of guanidine groups is 1. The Hall–Kier alpha value is -2.04. The largest absolute Gasteiger partial charge is 0.352 e. The van der Waals surface area contributed by atoms with E-state index in [2.05, 4.69) is 34.4 Å². The zero-order valence-corrected chi connectivity index (χ0v) is 16.0. The smallest absolute Gasteiger partial charge is 0.251 e. The second kappa shape index (κ2) is 9.44. The fraction of sp³-hybridized carbons (Fsp3) is 0.600. The molecule has 0 spiro atoms. The van der Waals surface area contributed by atoms with Crippen molar-refractivity contribution in [3.63, 3.8) is 0 Å². The molecule has 0 bridgehead atoms. The third kappa shape index (κ3) is 5.76. The molecule has 1 aliphatic rings. The maximum Gasteiger partial charge on any atom is 0.251 e. The van der Waals surface area contributed by atoms with Gasteiger partial charge in [0.15, 0.2) is 5.96 Å². The lowest BCUT2D eigenvalue weighted by molar-refractivity contribution is 0.0939. The van der Waals surface area contributed by atoms with Gasteiger partial charge >= 0.3 is 0 Å². The lowest BCUT2D eigenvalue weighted by atomic mass is 10.0. The zero-order chi connectivity index (χ0) is 18.2. The van der Waals surface area contributed by atoms with Gasteiger partial charge in [0, 0.05) is 38.3 Å². The topological polar surface area (TPSA) is 56.7 Å². The van der Waals surface area contributed by atoms with Gasteiger partial charge in [-0.1, -0.05) is 26.0 Å². The standard InChI is InChI=1S/C20H32N4O/c1-5-16(3)23-19(25)18-10-6-9-17(12-18)13-22-20(21-4)24-11-7-8-15(2)14-24/h6,9-10,12,15-16H,5,7-8,11,13-14H2,1-4H3,(H,21,22)(H,23,25). The minimum atomic E-state index is -0.00885. The van der Waals surface area contributed by atoms with Crippen molar-refractivity contribution in [3.8, 4) is 0 Å². The van der Waals surface area contributed by atoms with Gasteiger partial charge < -0.3 is 15.5 Å². The lowest BCUT2D eigenvalue weighted by Gasteiger charge is -2.33. The Bertz CT molecular complexity index is 599. The number of hydrogen-bond acceptors (Lipinski definition) is 2. The minimum absolute atomic E-state index is 0.00885. The summed E-state index contributed by atoms with van der Waals surface area (Å²) in [6.07, 6.45) is 3.44. The number of hydrogen-bond donors (Lipinski definition) is 2. The van der Waals surface area contributed by atoms with E-state index in [1.54, 1.807) is 0 Å². The summed E-state index contributed by atoms with van der Waals surface area (Å²) in [5.74, 6) is 1.64. The highest BCUT2D eigenvalue weighted by Crippen LogP contribution is 2.15. The Balaban J connectivity index is 1.96. The summed E-state index contributed by atoms with van der Waals surface area (Å²) in [6, 6.07) is 7.99. The van der Waals surface area contributed by atoms with Crippen molar-refractivity contribution in [2.75, 3.05) is 20.1 Å². The molecule has 5 nitrogen and oxygen atoms in total. The van der Waals surface area contributed by atoms with Crippen LogP contribution in [-0.4, -0.2) is 42.9 Å². The van der Waals surface area contributed by atoms with Crippen LogP contribution >= 0.6 is 0 Å². The highest BCUT2D eigenvalue weighted by atomic mass is 16.1. The molecule has 2 unspecified atom stereocenters. The molecule has 0 radical (unpaired) electrons. The van der Waals surface area contributed by atoms with Crippen molar-refractivity contribution < 1.29 is 4.79 Å². The van der Waals surface area contributed by atoms with E-state index in [1.165, 1.54) is 12.8 Å². The number of benzene rings is 1. The predicted molar refractivity (Wildman–Crippen MR) is 104 cm³/mol. The second-order valence-electron chi connectivity index (χ2n) is 7.08. The Kier molecular flexibility index (Phi) is 7.29. The zero-order valence-electron chi connectivity index (χ0n) is 16.0. The van der Waals surface area contributed by atoms with Crippen molar-refractivity contribution in [2.24, 2.45) is 10.9 Å². The third-order valence-corrected chi connectivity index (χ3v) is 4.80. The summed E-state index contributed by atoms with van der Waals surface area (Å²) in [7, 11) is 1.83. The van der Waals surface area contributed by atoms with Crippen molar-refractivity contribution in [1.82, 2.24) is 15.5 Å². The Labute approximate surface area is 151 Å².